The summed E-state index contributed by atoms with van der Waals surface area (Å²) in [5, 5.41) is 2.07. The van der Waals surface area contributed by atoms with Gasteiger partial charge in [0.1, 0.15) is 0 Å². The van der Waals surface area contributed by atoms with Gasteiger partial charge < -0.3 is 10.3 Å². The Morgan fingerprint density at radius 1 is 1.69 bits per heavy atom. The van der Waals surface area contributed by atoms with Gasteiger partial charge in [0.15, 0.2) is 0 Å². The fourth-order valence-corrected chi connectivity index (χ4v) is 0.888. The van der Waals surface area contributed by atoms with E-state index >= 15 is 0 Å². The average Bonchev–Trinajstić information content (AvgIpc) is 2.50. The largest absolute Gasteiger partial charge is 0.367 e. The van der Waals surface area contributed by atoms with Crippen molar-refractivity contribution in [3.05, 3.63) is 24.0 Å². The summed E-state index contributed by atoms with van der Waals surface area (Å²) >= 11 is 2.11. The minimum atomic E-state index is -3.06. The molecule has 0 unspecified atom stereocenters. The van der Waals surface area contributed by atoms with Gasteiger partial charge >= 0.3 is 4.83 Å². The Bertz CT molecular complexity index is 281. The van der Waals surface area contributed by atoms with Crippen LogP contribution in [0.1, 0.15) is 10.4 Å². The third-order valence-corrected chi connectivity index (χ3v) is 1.59. The zero-order valence-corrected chi connectivity index (χ0v) is 8.07. The highest BCUT2D eigenvalue weighted by atomic mass is 79.9. The Kier molecular flexibility index (Phi) is 3.02. The van der Waals surface area contributed by atoms with E-state index < -0.39 is 17.3 Å². The minimum absolute atomic E-state index is 0.330. The lowest BCUT2D eigenvalue weighted by atomic mass is 10.3. The van der Waals surface area contributed by atoms with Crippen LogP contribution in [0.5, 0.6) is 0 Å². The number of amides is 1. The van der Waals surface area contributed by atoms with Crippen LogP contribution >= 0.6 is 15.9 Å². The Balaban J connectivity index is 2.44. The highest BCUT2D eigenvalue weighted by Gasteiger charge is 2.24. The molecular weight excluding hydrogens is 246 g/mol. The predicted octanol–water partition coefficient (Wildman–Crippen LogP) is 1.73. The highest BCUT2D eigenvalue weighted by molar-refractivity contribution is 9.10. The summed E-state index contributed by atoms with van der Waals surface area (Å²) in [5.41, 5.74) is 0.330. The fraction of sp³-hybridized carbons (Fsp3) is 0.286. The SMILES string of the molecule is O=C(NCC(F)(F)Br)c1cc[nH]c1. The molecule has 0 fully saturated rings. The zero-order chi connectivity index (χ0) is 9.90. The summed E-state index contributed by atoms with van der Waals surface area (Å²) in [6.07, 6.45) is 2.98. The number of aromatic amines is 1. The van der Waals surface area contributed by atoms with E-state index in [-0.39, 0.29) is 0 Å². The Morgan fingerprint density at radius 3 is 2.85 bits per heavy atom. The standard InChI is InChI=1S/C7H7BrF2N2O/c8-7(9,10)4-12-6(13)5-1-2-11-3-5/h1-3,11H,4H2,(H,12,13). The van der Waals surface area contributed by atoms with E-state index in [0.29, 0.717) is 5.56 Å². The molecule has 0 saturated heterocycles. The topological polar surface area (TPSA) is 44.9 Å². The lowest BCUT2D eigenvalue weighted by Gasteiger charge is -2.08. The average molecular weight is 253 g/mol. The lowest BCUT2D eigenvalue weighted by Crippen LogP contribution is -2.32. The third kappa shape index (κ3) is 3.54. The minimum Gasteiger partial charge on any atom is -0.367 e. The summed E-state index contributed by atoms with van der Waals surface area (Å²) < 4.78 is 24.4. The number of aromatic nitrogens is 1. The third-order valence-electron chi connectivity index (χ3n) is 1.31. The molecule has 0 saturated carbocycles. The number of halogens is 3. The number of alkyl halides is 3. The molecule has 6 heteroatoms. The van der Waals surface area contributed by atoms with Crippen LogP contribution in [0.4, 0.5) is 8.78 Å². The first-order chi connectivity index (χ1) is 5.99. The van der Waals surface area contributed by atoms with Gasteiger partial charge in [0.25, 0.3) is 5.91 Å². The van der Waals surface area contributed by atoms with Gasteiger partial charge in [0.2, 0.25) is 0 Å². The molecule has 1 aromatic heterocycles. The van der Waals surface area contributed by atoms with E-state index in [1.807, 2.05) is 0 Å². The van der Waals surface area contributed by atoms with Crippen LogP contribution in [0, 0.1) is 0 Å². The zero-order valence-electron chi connectivity index (χ0n) is 6.48. The Morgan fingerprint density at radius 2 is 2.38 bits per heavy atom. The second kappa shape index (κ2) is 3.87. The maximum atomic E-state index is 12.2. The van der Waals surface area contributed by atoms with Gasteiger partial charge in [-0.15, -0.1) is 0 Å². The number of hydrogen-bond donors (Lipinski definition) is 2. The van der Waals surface area contributed by atoms with Crippen LogP contribution in [0.2, 0.25) is 0 Å². The molecular formula is C7H7BrF2N2O. The second-order valence-corrected chi connectivity index (χ2v) is 3.56. The van der Waals surface area contributed by atoms with Gasteiger partial charge in [-0.05, 0) is 22.0 Å². The molecule has 1 amide bonds. The van der Waals surface area contributed by atoms with Gasteiger partial charge in [-0.1, -0.05) is 0 Å². The van der Waals surface area contributed by atoms with Crippen LogP contribution < -0.4 is 5.32 Å². The van der Waals surface area contributed by atoms with Crippen LogP contribution in [-0.2, 0) is 0 Å². The summed E-state index contributed by atoms with van der Waals surface area (Å²) in [4.78, 5) is 10.7. The predicted molar refractivity (Wildman–Crippen MR) is 47.0 cm³/mol. The molecule has 0 aromatic carbocycles. The summed E-state index contributed by atoms with van der Waals surface area (Å²) in [6, 6.07) is 1.50. The van der Waals surface area contributed by atoms with Crippen molar-refractivity contribution in [2.24, 2.45) is 0 Å². The first-order valence-electron chi connectivity index (χ1n) is 3.47. The van der Waals surface area contributed by atoms with E-state index in [4.69, 9.17) is 0 Å². The molecule has 1 heterocycles. The normalized spacial score (nSPS) is 11.3. The van der Waals surface area contributed by atoms with E-state index in [0.717, 1.165) is 0 Å². The molecule has 0 spiro atoms. The summed E-state index contributed by atoms with van der Waals surface area (Å²) in [7, 11) is 0. The smallest absolute Gasteiger partial charge is 0.318 e. The van der Waals surface area contributed by atoms with Crippen molar-refractivity contribution in [2.75, 3.05) is 6.54 Å². The lowest BCUT2D eigenvalue weighted by molar-refractivity contribution is 0.0836. The molecule has 0 radical (unpaired) electrons. The van der Waals surface area contributed by atoms with Gasteiger partial charge in [0.05, 0.1) is 12.1 Å². The molecule has 3 nitrogen and oxygen atoms in total. The molecule has 2 N–H and O–H groups in total. The second-order valence-electron chi connectivity index (χ2n) is 2.40. The van der Waals surface area contributed by atoms with Gasteiger partial charge in [-0.25, -0.2) is 0 Å². The molecule has 13 heavy (non-hydrogen) atoms. The fourth-order valence-electron chi connectivity index (χ4n) is 0.748. The van der Waals surface area contributed by atoms with Crippen molar-refractivity contribution >= 4 is 21.8 Å². The van der Waals surface area contributed by atoms with E-state index in [9.17, 15) is 13.6 Å². The molecule has 1 rings (SSSR count). The number of H-pyrrole nitrogens is 1. The van der Waals surface area contributed by atoms with E-state index in [2.05, 4.69) is 26.2 Å². The van der Waals surface area contributed by atoms with Gasteiger partial charge in [-0.2, -0.15) is 8.78 Å². The first kappa shape index (κ1) is 10.2. The Labute approximate surface area is 81.6 Å². The number of nitrogens with one attached hydrogen (secondary N) is 2. The van der Waals surface area contributed by atoms with E-state index in [1.54, 1.807) is 6.20 Å². The molecule has 0 aliphatic rings. The molecule has 1 aromatic rings. The van der Waals surface area contributed by atoms with Gasteiger partial charge in [0, 0.05) is 12.4 Å². The van der Waals surface area contributed by atoms with Gasteiger partial charge in [-0.3, -0.25) is 4.79 Å². The number of hydrogen-bond acceptors (Lipinski definition) is 1. The maximum absolute atomic E-state index is 12.2. The molecule has 0 atom stereocenters. The van der Waals surface area contributed by atoms with Crippen molar-refractivity contribution in [2.45, 2.75) is 4.83 Å². The van der Waals surface area contributed by atoms with Crippen LogP contribution in [-0.4, -0.2) is 22.3 Å². The number of carbonyl (C=O) groups is 1. The van der Waals surface area contributed by atoms with Crippen molar-refractivity contribution in [1.29, 1.82) is 0 Å². The van der Waals surface area contributed by atoms with E-state index in [1.165, 1.54) is 12.3 Å². The number of rotatable bonds is 3. The summed E-state index contributed by atoms with van der Waals surface area (Å²) in [5.74, 6) is -0.527. The van der Waals surface area contributed by atoms with Crippen LogP contribution in [0.15, 0.2) is 18.5 Å². The van der Waals surface area contributed by atoms with Crippen LogP contribution in [0.3, 0.4) is 0 Å². The Hall–Kier alpha value is -0.910. The molecule has 0 bridgehead atoms. The van der Waals surface area contributed by atoms with Crippen LogP contribution in [0.25, 0.3) is 0 Å². The summed E-state index contributed by atoms with van der Waals surface area (Å²) in [6.45, 7) is -0.725. The molecule has 72 valence electrons. The molecule has 0 aliphatic carbocycles. The molecule has 0 aliphatic heterocycles. The van der Waals surface area contributed by atoms with Crippen molar-refractivity contribution < 1.29 is 13.6 Å². The van der Waals surface area contributed by atoms with Crippen molar-refractivity contribution in [1.82, 2.24) is 10.3 Å². The first-order valence-corrected chi connectivity index (χ1v) is 4.26. The monoisotopic (exact) mass is 252 g/mol. The number of carbonyl (C=O) groups excluding carboxylic acids is 1. The maximum Gasteiger partial charge on any atom is 0.318 e. The van der Waals surface area contributed by atoms with Crippen molar-refractivity contribution in [3.63, 3.8) is 0 Å². The van der Waals surface area contributed by atoms with Crippen molar-refractivity contribution in [3.8, 4) is 0 Å². The highest BCUT2D eigenvalue weighted by Crippen LogP contribution is 2.19. The quantitative estimate of drug-likeness (QED) is 0.791.